The van der Waals surface area contributed by atoms with Crippen molar-refractivity contribution in [2.75, 3.05) is 6.61 Å². The second kappa shape index (κ2) is 10.6. The molecule has 0 bridgehead atoms. The molecule has 0 aromatic heterocycles. The lowest BCUT2D eigenvalue weighted by atomic mass is 9.78. The number of carbonyl (C=O) groups excluding carboxylic acids is 5. The minimum absolute atomic E-state index is 0.0234. The fourth-order valence-corrected chi connectivity index (χ4v) is 3.21. The van der Waals surface area contributed by atoms with Gasteiger partial charge in [-0.1, -0.05) is 0 Å². The third-order valence-electron chi connectivity index (χ3n) is 4.03. The molecule has 1 aliphatic rings. The highest BCUT2D eigenvalue weighted by Gasteiger charge is 2.51. The van der Waals surface area contributed by atoms with Gasteiger partial charge >= 0.3 is 29.8 Å². The Morgan fingerprint density at radius 1 is 0.643 bits per heavy atom. The van der Waals surface area contributed by atoms with Crippen LogP contribution in [0.4, 0.5) is 0 Å². The number of hydrogen-bond acceptors (Lipinski definition) is 10. The molecule has 0 saturated heterocycles. The van der Waals surface area contributed by atoms with E-state index >= 15 is 0 Å². The summed E-state index contributed by atoms with van der Waals surface area (Å²) < 4.78 is 26.1. The zero-order valence-electron chi connectivity index (χ0n) is 16.6. The van der Waals surface area contributed by atoms with Gasteiger partial charge in [-0.3, -0.25) is 24.0 Å². The topological polar surface area (TPSA) is 132 Å². The van der Waals surface area contributed by atoms with Crippen molar-refractivity contribution in [3.05, 3.63) is 0 Å². The molecule has 0 unspecified atom stereocenters. The largest absolute Gasteiger partial charge is 0.466 e. The van der Waals surface area contributed by atoms with Gasteiger partial charge in [-0.25, -0.2) is 0 Å². The van der Waals surface area contributed by atoms with E-state index in [9.17, 15) is 24.0 Å². The zero-order chi connectivity index (χ0) is 21.4. The summed E-state index contributed by atoms with van der Waals surface area (Å²) in [6, 6.07) is 0. The van der Waals surface area contributed by atoms with Crippen LogP contribution in [0, 0.1) is 5.92 Å². The first kappa shape index (κ1) is 23.4. The van der Waals surface area contributed by atoms with E-state index in [1.807, 2.05) is 0 Å². The Bertz CT molecular complexity index is 613. The quantitative estimate of drug-likeness (QED) is 0.442. The third-order valence-corrected chi connectivity index (χ3v) is 4.03. The highest BCUT2D eigenvalue weighted by Crippen LogP contribution is 2.36. The summed E-state index contributed by atoms with van der Waals surface area (Å²) in [5, 5.41) is 0. The van der Waals surface area contributed by atoms with Gasteiger partial charge in [0.15, 0.2) is 12.2 Å². The molecule has 0 aliphatic heterocycles. The number of carbonyl (C=O) groups is 5. The SMILES string of the molecule is CC(=O)OCC[C@@H]1C[C@@H](OC(C)=O)[C@@H](OC(C)=O)[C@H](OC(C)=O)[C@@H]1OC(C)=O. The van der Waals surface area contributed by atoms with Gasteiger partial charge in [0.1, 0.15) is 12.2 Å². The van der Waals surface area contributed by atoms with E-state index in [0.717, 1.165) is 13.8 Å². The second-order valence-corrected chi connectivity index (χ2v) is 6.49. The minimum Gasteiger partial charge on any atom is -0.466 e. The van der Waals surface area contributed by atoms with Gasteiger partial charge in [-0.15, -0.1) is 0 Å². The summed E-state index contributed by atoms with van der Waals surface area (Å²) in [7, 11) is 0. The average molecular weight is 402 g/mol. The molecule has 158 valence electrons. The summed E-state index contributed by atoms with van der Waals surface area (Å²) in [6.07, 6.45) is -3.85. The predicted molar refractivity (Wildman–Crippen MR) is 91.6 cm³/mol. The van der Waals surface area contributed by atoms with Crippen molar-refractivity contribution in [2.45, 2.75) is 71.9 Å². The Labute approximate surface area is 162 Å². The summed E-state index contributed by atoms with van der Waals surface area (Å²) in [6.45, 7) is 5.97. The van der Waals surface area contributed by atoms with Crippen LogP contribution in [-0.4, -0.2) is 60.9 Å². The van der Waals surface area contributed by atoms with Gasteiger partial charge in [-0.05, 0) is 12.8 Å². The van der Waals surface area contributed by atoms with Crippen LogP contribution >= 0.6 is 0 Å². The maximum absolute atomic E-state index is 11.6. The van der Waals surface area contributed by atoms with E-state index in [2.05, 4.69) is 0 Å². The van der Waals surface area contributed by atoms with Gasteiger partial charge < -0.3 is 23.7 Å². The molecule has 10 nitrogen and oxygen atoms in total. The smallest absolute Gasteiger partial charge is 0.303 e. The van der Waals surface area contributed by atoms with Crippen molar-refractivity contribution < 1.29 is 47.7 Å². The summed E-state index contributed by atoms with van der Waals surface area (Å²) in [4.78, 5) is 57.4. The lowest BCUT2D eigenvalue weighted by molar-refractivity contribution is -0.219. The number of ether oxygens (including phenoxy) is 5. The standard InChI is InChI=1S/C18H26O10/c1-9(19)24-7-6-14-8-15(25-10(2)20)17(27-12(4)22)18(28-13(5)23)16(14)26-11(3)21/h14-18H,6-8H2,1-5H3/t14-,15-,16-,17-,18-/m1/s1. The molecule has 0 aromatic rings. The molecular weight excluding hydrogens is 376 g/mol. The summed E-state index contributed by atoms with van der Waals surface area (Å²) >= 11 is 0. The number of rotatable bonds is 7. The van der Waals surface area contributed by atoms with Crippen LogP contribution in [-0.2, 0) is 47.7 Å². The molecule has 1 saturated carbocycles. The number of esters is 5. The van der Waals surface area contributed by atoms with Gasteiger partial charge in [0.05, 0.1) is 6.61 Å². The Morgan fingerprint density at radius 2 is 1.11 bits per heavy atom. The molecule has 10 heteroatoms. The second-order valence-electron chi connectivity index (χ2n) is 6.49. The first-order chi connectivity index (χ1) is 13.0. The molecule has 0 heterocycles. The third kappa shape index (κ3) is 7.53. The van der Waals surface area contributed by atoms with E-state index in [1.54, 1.807) is 0 Å². The van der Waals surface area contributed by atoms with Crippen molar-refractivity contribution in [1.82, 2.24) is 0 Å². The van der Waals surface area contributed by atoms with E-state index in [4.69, 9.17) is 23.7 Å². The zero-order valence-corrected chi connectivity index (χ0v) is 16.6. The lowest BCUT2D eigenvalue weighted by Crippen LogP contribution is -2.59. The van der Waals surface area contributed by atoms with Crippen LogP contribution in [0.5, 0.6) is 0 Å². The molecular formula is C18H26O10. The normalized spacial score (nSPS) is 26.5. The molecule has 0 N–H and O–H groups in total. The van der Waals surface area contributed by atoms with E-state index in [0.29, 0.717) is 0 Å². The molecule has 0 aromatic carbocycles. The molecule has 5 atom stereocenters. The minimum atomic E-state index is -1.19. The first-order valence-electron chi connectivity index (χ1n) is 8.83. The maximum atomic E-state index is 11.6. The van der Waals surface area contributed by atoms with Crippen molar-refractivity contribution in [3.8, 4) is 0 Å². The van der Waals surface area contributed by atoms with Crippen LogP contribution in [0.2, 0.25) is 0 Å². The number of hydrogen-bond donors (Lipinski definition) is 0. The highest BCUT2D eigenvalue weighted by atomic mass is 16.6. The van der Waals surface area contributed by atoms with Crippen LogP contribution in [0.15, 0.2) is 0 Å². The van der Waals surface area contributed by atoms with E-state index in [1.165, 1.54) is 20.8 Å². The molecule has 0 amide bonds. The van der Waals surface area contributed by atoms with Crippen molar-refractivity contribution in [3.63, 3.8) is 0 Å². The van der Waals surface area contributed by atoms with Crippen molar-refractivity contribution in [2.24, 2.45) is 5.92 Å². The van der Waals surface area contributed by atoms with Crippen LogP contribution in [0.1, 0.15) is 47.5 Å². The molecule has 1 fully saturated rings. The summed E-state index contributed by atoms with van der Waals surface area (Å²) in [5.74, 6) is -3.59. The Morgan fingerprint density at radius 3 is 1.57 bits per heavy atom. The lowest BCUT2D eigenvalue weighted by Gasteiger charge is -2.44. The molecule has 0 radical (unpaired) electrons. The Balaban J connectivity index is 3.24. The predicted octanol–water partition coefficient (Wildman–Crippen LogP) is 0.686. The van der Waals surface area contributed by atoms with Crippen LogP contribution in [0.3, 0.4) is 0 Å². The van der Waals surface area contributed by atoms with E-state index < -0.39 is 60.2 Å². The Hall–Kier alpha value is -2.65. The molecule has 1 aliphatic carbocycles. The van der Waals surface area contributed by atoms with Crippen LogP contribution in [0.25, 0.3) is 0 Å². The molecule has 1 rings (SSSR count). The molecule has 0 spiro atoms. The van der Waals surface area contributed by atoms with Gasteiger partial charge in [0.25, 0.3) is 0 Å². The Kier molecular flexibility index (Phi) is 8.87. The van der Waals surface area contributed by atoms with E-state index in [-0.39, 0.29) is 19.4 Å². The van der Waals surface area contributed by atoms with Gasteiger partial charge in [-0.2, -0.15) is 0 Å². The monoisotopic (exact) mass is 402 g/mol. The van der Waals surface area contributed by atoms with Gasteiger partial charge in [0.2, 0.25) is 0 Å². The highest BCUT2D eigenvalue weighted by molar-refractivity contribution is 5.69. The fourth-order valence-electron chi connectivity index (χ4n) is 3.21. The summed E-state index contributed by atoms with van der Waals surface area (Å²) in [5.41, 5.74) is 0. The van der Waals surface area contributed by atoms with Crippen LogP contribution < -0.4 is 0 Å². The first-order valence-corrected chi connectivity index (χ1v) is 8.83. The van der Waals surface area contributed by atoms with Crippen molar-refractivity contribution >= 4 is 29.8 Å². The fraction of sp³-hybridized carbons (Fsp3) is 0.722. The van der Waals surface area contributed by atoms with Crippen molar-refractivity contribution in [1.29, 1.82) is 0 Å². The maximum Gasteiger partial charge on any atom is 0.303 e. The molecule has 28 heavy (non-hydrogen) atoms. The average Bonchev–Trinajstić information content (AvgIpc) is 2.51. The van der Waals surface area contributed by atoms with Gasteiger partial charge in [0, 0.05) is 40.5 Å².